The third kappa shape index (κ3) is 5.88. The van der Waals surface area contributed by atoms with E-state index in [1.54, 1.807) is 0 Å². The summed E-state index contributed by atoms with van der Waals surface area (Å²) in [5, 5.41) is 4.03. The quantitative estimate of drug-likeness (QED) is 0.753. The van der Waals surface area contributed by atoms with Crippen LogP contribution in [0.2, 0.25) is 5.02 Å². The third-order valence-electron chi connectivity index (χ3n) is 3.86. The first-order valence-corrected chi connectivity index (χ1v) is 9.73. The minimum Gasteiger partial charge on any atom is -0.354 e. The number of halogens is 1. The van der Waals surface area contributed by atoms with Crippen molar-refractivity contribution in [3.63, 3.8) is 0 Å². The van der Waals surface area contributed by atoms with E-state index >= 15 is 0 Å². The monoisotopic (exact) mass is 394 g/mol. The van der Waals surface area contributed by atoms with Gasteiger partial charge < -0.3 is 5.32 Å². The summed E-state index contributed by atoms with van der Waals surface area (Å²) in [6, 6.07) is 7.44. The summed E-state index contributed by atoms with van der Waals surface area (Å²) < 4.78 is 0. The molecule has 2 rings (SSSR count). The average molecular weight is 395 g/mol. The molecule has 2 amide bonds. The Morgan fingerprint density at radius 3 is 2.54 bits per heavy atom. The van der Waals surface area contributed by atoms with Crippen molar-refractivity contribution in [3.8, 4) is 0 Å². The van der Waals surface area contributed by atoms with Crippen LogP contribution in [0.3, 0.4) is 0 Å². The number of hydrogen-bond acceptors (Lipinski definition) is 4. The zero-order valence-corrected chi connectivity index (χ0v) is 16.7. The number of thioether (sulfide) groups is 1. The van der Waals surface area contributed by atoms with Gasteiger partial charge in [0.25, 0.3) is 0 Å². The topological polar surface area (TPSA) is 66.5 Å². The smallest absolute Gasteiger partial charge is 0.240 e. The highest BCUT2D eigenvalue weighted by Crippen LogP contribution is 2.30. The lowest BCUT2D eigenvalue weighted by Gasteiger charge is -2.19. The van der Waals surface area contributed by atoms with E-state index < -0.39 is 5.41 Å². The Balaban J connectivity index is 1.89. The van der Waals surface area contributed by atoms with Crippen LogP contribution in [0.25, 0.3) is 0 Å². The van der Waals surface area contributed by atoms with Crippen LogP contribution in [0.15, 0.2) is 35.4 Å². The van der Waals surface area contributed by atoms with Crippen LogP contribution in [-0.4, -0.2) is 41.3 Å². The number of rotatable bonds is 6. The second-order valence-electron chi connectivity index (χ2n) is 7.09. The summed E-state index contributed by atoms with van der Waals surface area (Å²) in [5.74, 6) is -0.219. The number of nitrogens with one attached hydrogen (secondary N) is 1. The summed E-state index contributed by atoms with van der Waals surface area (Å²) in [6.45, 7) is 5.86. The van der Waals surface area contributed by atoms with Gasteiger partial charge in [0.2, 0.25) is 11.8 Å². The van der Waals surface area contributed by atoms with Crippen LogP contribution in [0.4, 0.5) is 0 Å². The number of carbonyl (C=O) groups is 3. The van der Waals surface area contributed by atoms with Gasteiger partial charge in [0.15, 0.2) is 5.78 Å². The molecule has 0 saturated carbocycles. The van der Waals surface area contributed by atoms with Crippen molar-refractivity contribution in [1.29, 1.82) is 0 Å². The van der Waals surface area contributed by atoms with Gasteiger partial charge in [-0.3, -0.25) is 19.3 Å². The van der Waals surface area contributed by atoms with Gasteiger partial charge in [-0.15, -0.1) is 0 Å². The minimum absolute atomic E-state index is 0.0668. The standard InChI is InChI=1S/C19H23ClN2O3S/c1-19(2,3)15(23)10-18-22(17(25)12-26-18)11-16(24)21-9-8-13-4-6-14(20)7-5-13/h4-7,10H,8-9,11-12H2,1-3H3,(H,21,24)/b18-10+. The van der Waals surface area contributed by atoms with E-state index in [4.69, 9.17) is 11.6 Å². The van der Waals surface area contributed by atoms with Crippen molar-refractivity contribution >= 4 is 41.0 Å². The second-order valence-corrected chi connectivity index (χ2v) is 8.52. The third-order valence-corrected chi connectivity index (χ3v) is 5.13. The number of carbonyl (C=O) groups excluding carboxylic acids is 3. The Hall–Kier alpha value is -1.79. The van der Waals surface area contributed by atoms with E-state index in [-0.39, 0.29) is 29.9 Å². The molecular weight excluding hydrogens is 372 g/mol. The van der Waals surface area contributed by atoms with Gasteiger partial charge in [-0.25, -0.2) is 0 Å². The maximum atomic E-state index is 12.2. The van der Waals surface area contributed by atoms with E-state index in [1.165, 1.54) is 22.7 Å². The Morgan fingerprint density at radius 1 is 1.27 bits per heavy atom. The second kappa shape index (κ2) is 8.73. The maximum absolute atomic E-state index is 12.2. The SMILES string of the molecule is CC(C)(C)C(=O)/C=C1/SCC(=O)N1CC(=O)NCCc1ccc(Cl)cc1. The van der Waals surface area contributed by atoms with E-state index in [1.807, 2.05) is 45.0 Å². The largest absolute Gasteiger partial charge is 0.354 e. The van der Waals surface area contributed by atoms with Gasteiger partial charge in [-0.05, 0) is 24.1 Å². The van der Waals surface area contributed by atoms with Crippen LogP contribution >= 0.6 is 23.4 Å². The maximum Gasteiger partial charge on any atom is 0.240 e. The number of hydrogen-bond donors (Lipinski definition) is 1. The molecule has 140 valence electrons. The van der Waals surface area contributed by atoms with Crippen molar-refractivity contribution in [2.75, 3.05) is 18.8 Å². The van der Waals surface area contributed by atoms with Crippen molar-refractivity contribution in [2.24, 2.45) is 5.41 Å². The van der Waals surface area contributed by atoms with Crippen LogP contribution in [0, 0.1) is 5.41 Å². The van der Waals surface area contributed by atoms with Crippen molar-refractivity contribution in [3.05, 3.63) is 46.0 Å². The molecule has 0 bridgehead atoms. The molecule has 1 aliphatic heterocycles. The van der Waals surface area contributed by atoms with Gasteiger partial charge in [-0.1, -0.05) is 56.3 Å². The van der Waals surface area contributed by atoms with E-state index in [0.717, 1.165) is 5.56 Å². The molecule has 1 heterocycles. The first-order valence-electron chi connectivity index (χ1n) is 8.37. The molecule has 1 aliphatic rings. The van der Waals surface area contributed by atoms with Crippen LogP contribution in [0.1, 0.15) is 26.3 Å². The minimum atomic E-state index is -0.522. The summed E-state index contributed by atoms with van der Waals surface area (Å²) >= 11 is 7.14. The Morgan fingerprint density at radius 2 is 1.92 bits per heavy atom. The predicted octanol–water partition coefficient (Wildman–Crippen LogP) is 3.03. The normalized spacial score (nSPS) is 16.2. The first-order chi connectivity index (χ1) is 12.2. The average Bonchev–Trinajstić information content (AvgIpc) is 2.89. The zero-order chi connectivity index (χ0) is 19.3. The highest BCUT2D eigenvalue weighted by atomic mass is 35.5. The van der Waals surface area contributed by atoms with E-state index in [9.17, 15) is 14.4 Å². The van der Waals surface area contributed by atoms with E-state index in [0.29, 0.717) is 23.0 Å². The lowest BCUT2D eigenvalue weighted by atomic mass is 9.91. The molecule has 0 radical (unpaired) electrons. The highest BCUT2D eigenvalue weighted by Gasteiger charge is 2.30. The predicted molar refractivity (Wildman–Crippen MR) is 105 cm³/mol. The lowest BCUT2D eigenvalue weighted by Crippen LogP contribution is -2.38. The first kappa shape index (κ1) is 20.5. The zero-order valence-electron chi connectivity index (χ0n) is 15.2. The molecule has 1 aromatic rings. The molecule has 1 fully saturated rings. The van der Waals surface area contributed by atoms with Crippen molar-refractivity contribution in [1.82, 2.24) is 10.2 Å². The summed E-state index contributed by atoms with van der Waals surface area (Å²) in [5.41, 5.74) is 0.546. The van der Waals surface area contributed by atoms with Gasteiger partial charge in [0.05, 0.1) is 10.8 Å². The van der Waals surface area contributed by atoms with Crippen molar-refractivity contribution in [2.45, 2.75) is 27.2 Å². The van der Waals surface area contributed by atoms with Gasteiger partial charge in [0, 0.05) is 23.1 Å². The molecule has 0 atom stereocenters. The molecular formula is C19H23ClN2O3S. The molecule has 26 heavy (non-hydrogen) atoms. The van der Waals surface area contributed by atoms with Crippen LogP contribution in [0.5, 0.6) is 0 Å². The molecule has 0 unspecified atom stereocenters. The molecule has 5 nitrogen and oxygen atoms in total. The number of benzene rings is 1. The molecule has 1 saturated heterocycles. The molecule has 0 aliphatic carbocycles. The molecule has 0 spiro atoms. The Bertz CT molecular complexity index is 723. The lowest BCUT2D eigenvalue weighted by molar-refractivity contribution is -0.131. The fraction of sp³-hybridized carbons (Fsp3) is 0.421. The molecule has 0 aromatic heterocycles. The fourth-order valence-corrected chi connectivity index (χ4v) is 3.29. The van der Waals surface area contributed by atoms with Gasteiger partial charge in [0.1, 0.15) is 6.54 Å². The summed E-state index contributed by atoms with van der Waals surface area (Å²) in [4.78, 5) is 37.8. The number of nitrogens with zero attached hydrogens (tertiary/aromatic N) is 1. The number of ketones is 1. The highest BCUT2D eigenvalue weighted by molar-refractivity contribution is 8.04. The van der Waals surface area contributed by atoms with Crippen LogP contribution in [-0.2, 0) is 20.8 Å². The van der Waals surface area contributed by atoms with Gasteiger partial charge >= 0.3 is 0 Å². The van der Waals surface area contributed by atoms with Crippen LogP contribution < -0.4 is 5.32 Å². The summed E-state index contributed by atoms with van der Waals surface area (Å²) in [6.07, 6.45) is 2.15. The number of amides is 2. The van der Waals surface area contributed by atoms with Gasteiger partial charge in [-0.2, -0.15) is 0 Å². The van der Waals surface area contributed by atoms with Crippen molar-refractivity contribution < 1.29 is 14.4 Å². The fourth-order valence-electron chi connectivity index (χ4n) is 2.23. The summed E-state index contributed by atoms with van der Waals surface area (Å²) in [7, 11) is 0. The number of allylic oxidation sites excluding steroid dienone is 1. The molecule has 7 heteroatoms. The Kier molecular flexibility index (Phi) is 6.89. The Labute approximate surface area is 163 Å². The molecule has 1 N–H and O–H groups in total. The molecule has 1 aromatic carbocycles. The van der Waals surface area contributed by atoms with E-state index in [2.05, 4.69) is 5.32 Å².